The molecule has 0 saturated carbocycles. The van der Waals surface area contributed by atoms with Gasteiger partial charge in [-0.3, -0.25) is 0 Å². The summed E-state index contributed by atoms with van der Waals surface area (Å²) >= 11 is 0. The molecule has 0 unspecified atom stereocenters. The molecule has 0 rings (SSSR count). The van der Waals surface area contributed by atoms with Crippen LogP contribution in [-0.2, 0) is 47.5 Å². The van der Waals surface area contributed by atoms with Crippen LogP contribution in [0.4, 0.5) is 0 Å². The fourth-order valence-corrected chi connectivity index (χ4v) is 4.56. The zero-order chi connectivity index (χ0) is 34.1. The van der Waals surface area contributed by atoms with Crippen molar-refractivity contribution in [2.75, 3.05) is 99.1 Å². The third-order valence-electron chi connectivity index (χ3n) is 7.21. The van der Waals surface area contributed by atoms with Crippen molar-refractivity contribution < 1.29 is 52.6 Å². The zero-order valence-electron chi connectivity index (χ0n) is 29.6. The van der Waals surface area contributed by atoms with Crippen LogP contribution in [0, 0.1) is 0 Å². The monoisotopic (exact) mass is 676 g/mol. The van der Waals surface area contributed by atoms with E-state index < -0.39 is 11.9 Å². The second kappa shape index (κ2) is 40.6. The Morgan fingerprint density at radius 1 is 0.383 bits per heavy atom. The van der Waals surface area contributed by atoms with Crippen LogP contribution in [-0.4, -0.2) is 116 Å². The Bertz CT molecular complexity index is 675. The molecule has 47 heavy (non-hydrogen) atoms. The number of ether oxygens (including phenoxy) is 8. The standard InChI is InChI=1S/C36H68O11/c1-2-3-4-5-6-7-8-9-10-11-12-13-14-15-16-17-20-40-21-22-41-23-24-42-25-26-43-27-28-44-29-30-45-31-32-46-33-34-47-36(39)19-18-35(37)38/h18-19H,2-17,20-34H2,1H3,(H,37,38)/b19-18+. The predicted octanol–water partition coefficient (Wildman–Crippen LogP) is 6.55. The number of carboxylic acids is 1. The van der Waals surface area contributed by atoms with Crippen molar-refractivity contribution in [2.45, 2.75) is 110 Å². The maximum atomic E-state index is 11.1. The molecular formula is C36H68O11. The molecule has 1 N–H and O–H groups in total. The van der Waals surface area contributed by atoms with Crippen LogP contribution in [0.5, 0.6) is 0 Å². The van der Waals surface area contributed by atoms with E-state index in [4.69, 9.17) is 43.0 Å². The van der Waals surface area contributed by atoms with Crippen molar-refractivity contribution in [2.24, 2.45) is 0 Å². The van der Waals surface area contributed by atoms with Crippen molar-refractivity contribution in [3.8, 4) is 0 Å². The molecule has 0 aliphatic carbocycles. The fourth-order valence-electron chi connectivity index (χ4n) is 4.56. The van der Waals surface area contributed by atoms with Crippen molar-refractivity contribution in [1.29, 1.82) is 0 Å². The quantitative estimate of drug-likeness (QED) is 0.0431. The second-order valence-electron chi connectivity index (χ2n) is 11.4. The molecule has 0 radical (unpaired) electrons. The van der Waals surface area contributed by atoms with Gasteiger partial charge < -0.3 is 43.0 Å². The van der Waals surface area contributed by atoms with E-state index in [1.165, 1.54) is 96.3 Å². The number of hydrogen-bond acceptors (Lipinski definition) is 10. The smallest absolute Gasteiger partial charge is 0.331 e. The summed E-state index contributed by atoms with van der Waals surface area (Å²) in [5.74, 6) is -1.93. The van der Waals surface area contributed by atoms with Gasteiger partial charge in [-0.05, 0) is 6.42 Å². The number of unbranched alkanes of at least 4 members (excludes halogenated alkanes) is 15. The molecule has 0 aromatic rings. The van der Waals surface area contributed by atoms with Gasteiger partial charge in [-0.25, -0.2) is 9.59 Å². The van der Waals surface area contributed by atoms with Gasteiger partial charge in [-0.1, -0.05) is 103 Å². The Kier molecular flexibility index (Phi) is 39.2. The van der Waals surface area contributed by atoms with Crippen LogP contribution >= 0.6 is 0 Å². The van der Waals surface area contributed by atoms with Crippen molar-refractivity contribution in [1.82, 2.24) is 0 Å². The summed E-state index contributed by atoms with van der Waals surface area (Å²) < 4.78 is 43.0. The van der Waals surface area contributed by atoms with Crippen LogP contribution < -0.4 is 0 Å². The normalized spacial score (nSPS) is 11.5. The van der Waals surface area contributed by atoms with E-state index in [1.54, 1.807) is 0 Å². The molecule has 0 aromatic carbocycles. The minimum absolute atomic E-state index is 0.0415. The maximum Gasteiger partial charge on any atom is 0.331 e. The van der Waals surface area contributed by atoms with Crippen LogP contribution in [0.15, 0.2) is 12.2 Å². The summed E-state index contributed by atoms with van der Waals surface area (Å²) in [6.07, 6.45) is 23.6. The highest BCUT2D eigenvalue weighted by atomic mass is 16.6. The van der Waals surface area contributed by atoms with Gasteiger partial charge in [-0.15, -0.1) is 0 Å². The first-order valence-electron chi connectivity index (χ1n) is 18.3. The largest absolute Gasteiger partial charge is 0.478 e. The van der Waals surface area contributed by atoms with Gasteiger partial charge in [0, 0.05) is 18.8 Å². The molecule has 0 fully saturated rings. The molecule has 0 saturated heterocycles. The maximum absolute atomic E-state index is 11.1. The number of rotatable bonds is 40. The average Bonchev–Trinajstić information content (AvgIpc) is 3.06. The summed E-state index contributed by atoms with van der Waals surface area (Å²) in [6.45, 7) is 9.28. The topological polar surface area (TPSA) is 128 Å². The van der Waals surface area contributed by atoms with Crippen LogP contribution in [0.25, 0.3) is 0 Å². The van der Waals surface area contributed by atoms with Gasteiger partial charge in [0.2, 0.25) is 0 Å². The van der Waals surface area contributed by atoms with Gasteiger partial charge in [0.1, 0.15) is 6.61 Å². The molecule has 278 valence electrons. The molecular weight excluding hydrogens is 608 g/mol. The van der Waals surface area contributed by atoms with Gasteiger partial charge in [0.05, 0.1) is 85.9 Å². The van der Waals surface area contributed by atoms with Crippen LogP contribution in [0.3, 0.4) is 0 Å². The first-order chi connectivity index (χ1) is 23.2. The lowest BCUT2D eigenvalue weighted by molar-refractivity contribution is -0.140. The summed E-state index contributed by atoms with van der Waals surface area (Å²) in [5, 5.41) is 8.41. The molecule has 11 heteroatoms. The Morgan fingerprint density at radius 3 is 0.979 bits per heavy atom. The van der Waals surface area contributed by atoms with Crippen molar-refractivity contribution >= 4 is 11.9 Å². The van der Waals surface area contributed by atoms with Gasteiger partial charge in [0.15, 0.2) is 0 Å². The third-order valence-corrected chi connectivity index (χ3v) is 7.21. The Labute approximate surface area is 285 Å². The number of hydrogen-bond donors (Lipinski definition) is 1. The van der Waals surface area contributed by atoms with Crippen LogP contribution in [0.1, 0.15) is 110 Å². The lowest BCUT2D eigenvalue weighted by atomic mass is 10.0. The molecule has 0 bridgehead atoms. The van der Waals surface area contributed by atoms with Gasteiger partial charge in [0.25, 0.3) is 0 Å². The highest BCUT2D eigenvalue weighted by Crippen LogP contribution is 2.13. The van der Waals surface area contributed by atoms with E-state index in [1.807, 2.05) is 0 Å². The fraction of sp³-hybridized carbons (Fsp3) is 0.889. The minimum atomic E-state index is -1.21. The van der Waals surface area contributed by atoms with E-state index in [0.717, 1.165) is 25.2 Å². The minimum Gasteiger partial charge on any atom is -0.478 e. The summed E-state index contributed by atoms with van der Waals surface area (Å²) in [4.78, 5) is 21.4. The second-order valence-corrected chi connectivity index (χ2v) is 11.4. The van der Waals surface area contributed by atoms with E-state index in [2.05, 4.69) is 6.92 Å². The average molecular weight is 677 g/mol. The van der Waals surface area contributed by atoms with E-state index in [-0.39, 0.29) is 13.2 Å². The number of carbonyl (C=O) groups is 2. The first kappa shape index (κ1) is 45.4. The number of esters is 1. The summed E-state index contributed by atoms with van der Waals surface area (Å²) in [7, 11) is 0. The molecule has 0 aromatic heterocycles. The molecule has 0 amide bonds. The number of aliphatic carboxylic acids is 1. The lowest BCUT2D eigenvalue weighted by Gasteiger charge is -2.08. The van der Waals surface area contributed by atoms with Gasteiger partial charge >= 0.3 is 11.9 Å². The number of carboxylic acid groups (broad SMARTS) is 1. The Hall–Kier alpha value is -1.60. The van der Waals surface area contributed by atoms with Crippen molar-refractivity contribution in [3.05, 3.63) is 12.2 Å². The third kappa shape index (κ3) is 42.4. The summed E-state index contributed by atoms with van der Waals surface area (Å²) in [6, 6.07) is 0. The highest BCUT2D eigenvalue weighted by Gasteiger charge is 1.99. The first-order valence-corrected chi connectivity index (χ1v) is 18.3. The van der Waals surface area contributed by atoms with E-state index in [9.17, 15) is 9.59 Å². The predicted molar refractivity (Wildman–Crippen MR) is 183 cm³/mol. The molecule has 0 spiro atoms. The SMILES string of the molecule is CCCCCCCCCCCCCCCCCCOCCOCCOCCOCCOCCOCCOCCOC(=O)/C=C/C(=O)O. The highest BCUT2D eigenvalue weighted by molar-refractivity contribution is 5.90. The molecule has 0 aliphatic rings. The van der Waals surface area contributed by atoms with E-state index in [0.29, 0.717) is 79.3 Å². The lowest BCUT2D eigenvalue weighted by Crippen LogP contribution is -2.15. The van der Waals surface area contributed by atoms with Crippen LogP contribution in [0.2, 0.25) is 0 Å². The molecule has 0 atom stereocenters. The number of carbonyl (C=O) groups excluding carboxylic acids is 1. The van der Waals surface area contributed by atoms with E-state index >= 15 is 0 Å². The molecule has 0 heterocycles. The molecule has 11 nitrogen and oxygen atoms in total. The van der Waals surface area contributed by atoms with Gasteiger partial charge in [-0.2, -0.15) is 0 Å². The Balaban J connectivity index is 3.09. The Morgan fingerprint density at radius 2 is 0.660 bits per heavy atom. The molecule has 0 aliphatic heterocycles. The van der Waals surface area contributed by atoms with Crippen molar-refractivity contribution in [3.63, 3.8) is 0 Å². The summed E-state index contributed by atoms with van der Waals surface area (Å²) in [5.41, 5.74) is 0. The zero-order valence-corrected chi connectivity index (χ0v) is 29.6.